The van der Waals surface area contributed by atoms with Gasteiger partial charge in [0.2, 0.25) is 0 Å². The van der Waals surface area contributed by atoms with Crippen molar-refractivity contribution in [2.45, 2.75) is 52.9 Å². The second kappa shape index (κ2) is 12.2. The largest absolute Gasteiger partial charge is 0.402 e. The number of ketones is 1. The second-order valence-electron chi connectivity index (χ2n) is 6.21. The van der Waals surface area contributed by atoms with Crippen molar-refractivity contribution in [2.75, 3.05) is 12.0 Å². The molecular formula is C20H33NOS. The third kappa shape index (κ3) is 9.50. The summed E-state index contributed by atoms with van der Waals surface area (Å²) in [5.41, 5.74) is 8.42. The van der Waals surface area contributed by atoms with E-state index in [9.17, 15) is 4.79 Å². The van der Waals surface area contributed by atoms with Crippen LogP contribution in [0.5, 0.6) is 0 Å². The molecule has 0 aromatic heterocycles. The maximum atomic E-state index is 11.5. The Balaban J connectivity index is 0.000000468. The van der Waals surface area contributed by atoms with E-state index in [0.29, 0.717) is 18.3 Å². The van der Waals surface area contributed by atoms with Crippen LogP contribution in [0.3, 0.4) is 0 Å². The van der Waals surface area contributed by atoms with E-state index in [1.165, 1.54) is 11.3 Å². The lowest BCUT2D eigenvalue weighted by atomic mass is 9.99. The number of hydrogen-bond donors (Lipinski definition) is 1. The lowest BCUT2D eigenvalue weighted by Crippen LogP contribution is -2.07. The zero-order valence-electron chi connectivity index (χ0n) is 15.4. The highest BCUT2D eigenvalue weighted by Gasteiger charge is 2.05. The van der Waals surface area contributed by atoms with Crippen LogP contribution in [0.15, 0.2) is 36.5 Å². The summed E-state index contributed by atoms with van der Waals surface area (Å²) in [6.45, 7) is 12.1. The molecule has 1 atom stereocenters. The number of thioether (sulfide) groups is 1. The lowest BCUT2D eigenvalue weighted by molar-refractivity contribution is 0.0981. The first kappa shape index (κ1) is 21.8. The van der Waals surface area contributed by atoms with Gasteiger partial charge in [0, 0.05) is 17.7 Å². The van der Waals surface area contributed by atoms with Crippen LogP contribution >= 0.6 is 11.8 Å². The van der Waals surface area contributed by atoms with Gasteiger partial charge < -0.3 is 5.73 Å². The van der Waals surface area contributed by atoms with Crippen LogP contribution in [0.1, 0.15) is 68.8 Å². The van der Waals surface area contributed by atoms with E-state index in [1.54, 1.807) is 0 Å². The van der Waals surface area contributed by atoms with E-state index in [-0.39, 0.29) is 5.78 Å². The smallest absolute Gasteiger partial charge is 0.162 e. The molecule has 2 nitrogen and oxygen atoms in total. The molecule has 0 saturated heterocycles. The predicted molar refractivity (Wildman–Crippen MR) is 105 cm³/mol. The van der Waals surface area contributed by atoms with Crippen LogP contribution in [-0.4, -0.2) is 17.8 Å². The second-order valence-corrected chi connectivity index (χ2v) is 7.19. The molecule has 1 aromatic rings. The van der Waals surface area contributed by atoms with Gasteiger partial charge >= 0.3 is 0 Å². The summed E-state index contributed by atoms with van der Waals surface area (Å²) in [5.74, 6) is 2.45. The van der Waals surface area contributed by atoms with Gasteiger partial charge in [-0.05, 0) is 42.2 Å². The fourth-order valence-electron chi connectivity index (χ4n) is 1.91. The van der Waals surface area contributed by atoms with E-state index in [1.807, 2.05) is 43.0 Å². The van der Waals surface area contributed by atoms with Crippen molar-refractivity contribution >= 4 is 17.5 Å². The molecule has 2 N–H and O–H groups in total. The summed E-state index contributed by atoms with van der Waals surface area (Å²) < 4.78 is 0. The van der Waals surface area contributed by atoms with E-state index in [2.05, 4.69) is 33.6 Å². The Labute approximate surface area is 146 Å². The van der Waals surface area contributed by atoms with Gasteiger partial charge in [0.15, 0.2) is 5.78 Å². The van der Waals surface area contributed by atoms with E-state index in [4.69, 9.17) is 5.73 Å². The van der Waals surface area contributed by atoms with E-state index in [0.717, 1.165) is 24.1 Å². The van der Waals surface area contributed by atoms with Crippen molar-refractivity contribution in [3.63, 3.8) is 0 Å². The Morgan fingerprint density at radius 2 is 1.78 bits per heavy atom. The molecule has 1 rings (SSSR count). The summed E-state index contributed by atoms with van der Waals surface area (Å²) in [4.78, 5) is 11.5. The number of rotatable bonds is 8. The van der Waals surface area contributed by atoms with Crippen molar-refractivity contribution in [1.29, 1.82) is 0 Å². The van der Waals surface area contributed by atoms with Crippen molar-refractivity contribution in [3.05, 3.63) is 47.7 Å². The number of carbonyl (C=O) groups is 1. The number of Topliss-reactive ketones (excluding diaryl/α,β-unsaturated/α-hetero) is 1. The molecule has 130 valence electrons. The molecule has 0 bridgehead atoms. The first-order valence-corrected chi connectivity index (χ1v) is 9.79. The standard InChI is InChI=1S/C13H18O.C7H15NS/c1-4-5-13(14)12-8-6-11(7-9-12)10(2)3;1-6(7(2)8)4-5-9-3/h6-10H,4-5H2,1-3H3;6H,2,4-5,8H2,1,3H3. The Morgan fingerprint density at radius 1 is 1.22 bits per heavy atom. The third-order valence-electron chi connectivity index (χ3n) is 3.76. The van der Waals surface area contributed by atoms with Crippen molar-refractivity contribution in [2.24, 2.45) is 11.7 Å². The Kier molecular flexibility index (Phi) is 11.6. The topological polar surface area (TPSA) is 43.1 Å². The average Bonchev–Trinajstić information content (AvgIpc) is 2.53. The molecule has 0 fully saturated rings. The SMILES string of the molecule is C=C(N)C(C)CCSC.CCCC(=O)c1ccc(C(C)C)cc1. The zero-order valence-corrected chi connectivity index (χ0v) is 16.2. The zero-order chi connectivity index (χ0) is 17.8. The molecule has 0 amide bonds. The molecule has 0 aliphatic rings. The van der Waals surface area contributed by atoms with Crippen LogP contribution in [0.4, 0.5) is 0 Å². The minimum atomic E-state index is 0.253. The molecular weight excluding hydrogens is 302 g/mol. The van der Waals surface area contributed by atoms with Gasteiger partial charge in [-0.25, -0.2) is 0 Å². The number of allylic oxidation sites excluding steroid dienone is 1. The van der Waals surface area contributed by atoms with E-state index >= 15 is 0 Å². The normalized spacial score (nSPS) is 11.6. The summed E-state index contributed by atoms with van der Waals surface area (Å²) in [6, 6.07) is 7.97. The Bertz CT molecular complexity index is 465. The predicted octanol–water partition coefficient (Wildman–Crippen LogP) is 5.64. The van der Waals surface area contributed by atoms with Gasteiger partial charge in [-0.1, -0.05) is 58.5 Å². The van der Waals surface area contributed by atoms with Gasteiger partial charge in [-0.3, -0.25) is 4.79 Å². The monoisotopic (exact) mass is 335 g/mol. The summed E-state index contributed by atoms with van der Waals surface area (Å²) in [6.07, 6.45) is 4.83. The van der Waals surface area contributed by atoms with Crippen molar-refractivity contribution < 1.29 is 4.79 Å². The number of hydrogen-bond acceptors (Lipinski definition) is 3. The maximum Gasteiger partial charge on any atom is 0.162 e. The molecule has 0 spiro atoms. The summed E-state index contributed by atoms with van der Waals surface area (Å²) in [5, 5.41) is 0. The molecule has 1 unspecified atom stereocenters. The van der Waals surface area contributed by atoms with Crippen LogP contribution < -0.4 is 5.73 Å². The summed E-state index contributed by atoms with van der Waals surface area (Å²) >= 11 is 1.85. The lowest BCUT2D eigenvalue weighted by Gasteiger charge is -2.07. The summed E-state index contributed by atoms with van der Waals surface area (Å²) in [7, 11) is 0. The highest BCUT2D eigenvalue weighted by atomic mass is 32.2. The molecule has 0 radical (unpaired) electrons. The molecule has 0 heterocycles. The average molecular weight is 336 g/mol. The molecule has 1 aromatic carbocycles. The van der Waals surface area contributed by atoms with Crippen LogP contribution in [-0.2, 0) is 0 Å². The minimum absolute atomic E-state index is 0.253. The third-order valence-corrected chi connectivity index (χ3v) is 4.41. The quantitative estimate of drug-likeness (QED) is 0.625. The molecule has 0 aliphatic heterocycles. The highest BCUT2D eigenvalue weighted by molar-refractivity contribution is 7.98. The van der Waals surface area contributed by atoms with Gasteiger partial charge in [-0.2, -0.15) is 11.8 Å². The first-order valence-electron chi connectivity index (χ1n) is 8.39. The Morgan fingerprint density at radius 3 is 2.17 bits per heavy atom. The molecule has 0 aliphatic carbocycles. The van der Waals surface area contributed by atoms with Gasteiger partial charge in [0.05, 0.1) is 0 Å². The van der Waals surface area contributed by atoms with Gasteiger partial charge in [-0.15, -0.1) is 0 Å². The number of nitrogens with two attached hydrogens (primary N) is 1. The van der Waals surface area contributed by atoms with Crippen LogP contribution in [0.2, 0.25) is 0 Å². The Hall–Kier alpha value is -1.22. The number of carbonyl (C=O) groups excluding carboxylic acids is 1. The minimum Gasteiger partial charge on any atom is -0.402 e. The number of benzene rings is 1. The highest BCUT2D eigenvalue weighted by Crippen LogP contribution is 2.15. The van der Waals surface area contributed by atoms with Crippen molar-refractivity contribution in [1.82, 2.24) is 0 Å². The fraction of sp³-hybridized carbons (Fsp3) is 0.550. The van der Waals surface area contributed by atoms with Crippen LogP contribution in [0, 0.1) is 5.92 Å². The van der Waals surface area contributed by atoms with Gasteiger partial charge in [0.1, 0.15) is 0 Å². The first-order chi connectivity index (χ1) is 10.8. The molecule has 23 heavy (non-hydrogen) atoms. The molecule has 3 heteroatoms. The van der Waals surface area contributed by atoms with Gasteiger partial charge in [0.25, 0.3) is 0 Å². The van der Waals surface area contributed by atoms with Crippen LogP contribution in [0.25, 0.3) is 0 Å². The maximum absolute atomic E-state index is 11.5. The van der Waals surface area contributed by atoms with E-state index < -0.39 is 0 Å². The fourth-order valence-corrected chi connectivity index (χ4v) is 2.49. The molecule has 0 saturated carbocycles. The van der Waals surface area contributed by atoms with Crippen molar-refractivity contribution in [3.8, 4) is 0 Å².